The molecule has 0 saturated carbocycles. The number of nitrogens with one attached hydrogen (secondary N) is 2. The minimum absolute atomic E-state index is 0.113. The first-order valence-corrected chi connectivity index (χ1v) is 5.25. The summed E-state index contributed by atoms with van der Waals surface area (Å²) in [5.41, 5.74) is -0.544. The lowest BCUT2D eigenvalue weighted by Gasteiger charge is -2.20. The lowest BCUT2D eigenvalue weighted by molar-refractivity contribution is -0.384. The van der Waals surface area contributed by atoms with Crippen molar-refractivity contribution >= 4 is 17.4 Å². The number of benzene rings is 1. The van der Waals surface area contributed by atoms with Crippen LogP contribution >= 0.6 is 0 Å². The van der Waals surface area contributed by atoms with Gasteiger partial charge < -0.3 is 15.7 Å². The maximum Gasteiger partial charge on any atom is 0.319 e. The van der Waals surface area contributed by atoms with Crippen LogP contribution in [0.1, 0.15) is 20.8 Å². The zero-order chi connectivity index (χ0) is 13.9. The standard InChI is InChI=1S/C11H15N3O4/c1-11(2,3)13-10(16)12-8-5-4-7(14(17)18)6-9(8)15/h4-6,15H,1-3H3,(H2,12,13,16). The molecule has 3 N–H and O–H groups in total. The van der Waals surface area contributed by atoms with Gasteiger partial charge in [-0.2, -0.15) is 0 Å². The Morgan fingerprint density at radius 1 is 1.39 bits per heavy atom. The van der Waals surface area contributed by atoms with E-state index >= 15 is 0 Å². The number of non-ortho nitro benzene ring substituents is 1. The number of anilines is 1. The van der Waals surface area contributed by atoms with E-state index in [0.29, 0.717) is 0 Å². The fourth-order valence-electron chi connectivity index (χ4n) is 1.23. The number of urea groups is 1. The lowest BCUT2D eigenvalue weighted by atomic mass is 10.1. The van der Waals surface area contributed by atoms with Gasteiger partial charge in [0.1, 0.15) is 5.75 Å². The Morgan fingerprint density at radius 2 is 2.00 bits per heavy atom. The molecule has 0 aliphatic carbocycles. The third-order valence-electron chi connectivity index (χ3n) is 1.93. The Hall–Kier alpha value is -2.31. The van der Waals surface area contributed by atoms with Gasteiger partial charge in [0.05, 0.1) is 16.7 Å². The molecule has 0 saturated heterocycles. The summed E-state index contributed by atoms with van der Waals surface area (Å²) in [4.78, 5) is 21.4. The van der Waals surface area contributed by atoms with E-state index in [9.17, 15) is 20.0 Å². The van der Waals surface area contributed by atoms with Crippen LogP contribution in [0.4, 0.5) is 16.2 Å². The summed E-state index contributed by atoms with van der Waals surface area (Å²) in [7, 11) is 0. The van der Waals surface area contributed by atoms with Gasteiger partial charge in [-0.25, -0.2) is 4.79 Å². The molecule has 0 aromatic heterocycles. The summed E-state index contributed by atoms with van der Waals surface area (Å²) in [6.07, 6.45) is 0. The number of rotatable bonds is 2. The van der Waals surface area contributed by atoms with Crippen molar-refractivity contribution in [3.05, 3.63) is 28.3 Å². The summed E-state index contributed by atoms with van der Waals surface area (Å²) in [6.45, 7) is 5.42. The molecular formula is C11H15N3O4. The topological polar surface area (TPSA) is 104 Å². The van der Waals surface area contributed by atoms with E-state index in [1.165, 1.54) is 12.1 Å². The second-order valence-corrected chi connectivity index (χ2v) is 4.79. The molecule has 0 unspecified atom stereocenters. The minimum Gasteiger partial charge on any atom is -0.506 e. The van der Waals surface area contributed by atoms with Crippen LogP contribution in [0.2, 0.25) is 0 Å². The Morgan fingerprint density at radius 3 is 2.44 bits per heavy atom. The molecule has 0 radical (unpaired) electrons. The summed E-state index contributed by atoms with van der Waals surface area (Å²) in [5.74, 6) is -0.353. The summed E-state index contributed by atoms with van der Waals surface area (Å²) in [6, 6.07) is 2.96. The Kier molecular flexibility index (Phi) is 3.75. The van der Waals surface area contributed by atoms with Crippen LogP contribution in [0, 0.1) is 10.1 Å². The Balaban J connectivity index is 2.80. The summed E-state index contributed by atoms with van der Waals surface area (Å²) in [5, 5.41) is 25.1. The number of nitro benzene ring substituents is 1. The van der Waals surface area contributed by atoms with E-state index in [-0.39, 0.29) is 17.1 Å². The van der Waals surface area contributed by atoms with Crippen molar-refractivity contribution in [1.82, 2.24) is 5.32 Å². The fraction of sp³-hybridized carbons (Fsp3) is 0.364. The predicted octanol–water partition coefficient (Wildman–Crippen LogP) is 2.22. The van der Waals surface area contributed by atoms with Crippen LogP contribution in [0.25, 0.3) is 0 Å². The molecule has 2 amide bonds. The highest BCUT2D eigenvalue weighted by Crippen LogP contribution is 2.27. The summed E-state index contributed by atoms with van der Waals surface area (Å²) >= 11 is 0. The molecule has 0 heterocycles. The van der Waals surface area contributed by atoms with Gasteiger partial charge in [0.25, 0.3) is 5.69 Å². The number of hydrogen-bond donors (Lipinski definition) is 3. The molecule has 1 aromatic carbocycles. The maximum atomic E-state index is 11.5. The minimum atomic E-state index is -0.626. The first kappa shape index (κ1) is 13.8. The number of nitro groups is 1. The van der Waals surface area contributed by atoms with E-state index in [2.05, 4.69) is 10.6 Å². The average Bonchev–Trinajstić information content (AvgIpc) is 2.17. The van der Waals surface area contributed by atoms with E-state index in [4.69, 9.17) is 0 Å². The van der Waals surface area contributed by atoms with E-state index < -0.39 is 16.5 Å². The molecule has 1 rings (SSSR count). The van der Waals surface area contributed by atoms with Gasteiger partial charge in [-0.3, -0.25) is 10.1 Å². The second-order valence-electron chi connectivity index (χ2n) is 4.79. The van der Waals surface area contributed by atoms with Crippen molar-refractivity contribution in [2.45, 2.75) is 26.3 Å². The molecule has 0 aliphatic rings. The smallest absolute Gasteiger partial charge is 0.319 e. The number of carbonyl (C=O) groups is 1. The molecule has 7 nitrogen and oxygen atoms in total. The zero-order valence-corrected chi connectivity index (χ0v) is 10.4. The van der Waals surface area contributed by atoms with Crippen molar-refractivity contribution in [3.8, 4) is 5.75 Å². The van der Waals surface area contributed by atoms with Crippen LogP contribution < -0.4 is 10.6 Å². The third kappa shape index (κ3) is 3.93. The van der Waals surface area contributed by atoms with Gasteiger partial charge in [-0.05, 0) is 26.8 Å². The maximum absolute atomic E-state index is 11.5. The van der Waals surface area contributed by atoms with Crippen molar-refractivity contribution in [1.29, 1.82) is 0 Å². The predicted molar refractivity (Wildman–Crippen MR) is 66.7 cm³/mol. The van der Waals surface area contributed by atoms with Gasteiger partial charge in [-0.1, -0.05) is 0 Å². The molecule has 0 aliphatic heterocycles. The van der Waals surface area contributed by atoms with Crippen molar-refractivity contribution in [3.63, 3.8) is 0 Å². The lowest BCUT2D eigenvalue weighted by Crippen LogP contribution is -2.43. The zero-order valence-electron chi connectivity index (χ0n) is 10.4. The van der Waals surface area contributed by atoms with Crippen LogP contribution in [0.3, 0.4) is 0 Å². The Bertz CT molecular complexity index is 480. The molecule has 0 spiro atoms. The largest absolute Gasteiger partial charge is 0.506 e. The fourth-order valence-corrected chi connectivity index (χ4v) is 1.23. The molecule has 0 fully saturated rings. The molecule has 7 heteroatoms. The highest BCUT2D eigenvalue weighted by molar-refractivity contribution is 5.91. The van der Waals surface area contributed by atoms with Crippen LogP contribution in [-0.4, -0.2) is 21.6 Å². The van der Waals surface area contributed by atoms with Crippen LogP contribution in [0.5, 0.6) is 5.75 Å². The number of phenols is 1. The molecular weight excluding hydrogens is 238 g/mol. The molecule has 98 valence electrons. The van der Waals surface area contributed by atoms with Crippen LogP contribution in [-0.2, 0) is 0 Å². The number of carbonyl (C=O) groups excluding carboxylic acids is 1. The number of aromatic hydroxyl groups is 1. The second kappa shape index (κ2) is 4.91. The third-order valence-corrected chi connectivity index (χ3v) is 1.93. The molecule has 0 atom stereocenters. The molecule has 1 aromatic rings. The van der Waals surface area contributed by atoms with Crippen molar-refractivity contribution in [2.75, 3.05) is 5.32 Å². The Labute approximate surface area is 104 Å². The van der Waals surface area contributed by atoms with Gasteiger partial charge in [0, 0.05) is 11.6 Å². The van der Waals surface area contributed by atoms with E-state index in [1.807, 2.05) is 20.8 Å². The number of nitrogens with zero attached hydrogens (tertiary/aromatic N) is 1. The first-order valence-electron chi connectivity index (χ1n) is 5.25. The number of amides is 2. The monoisotopic (exact) mass is 253 g/mol. The van der Waals surface area contributed by atoms with Gasteiger partial charge >= 0.3 is 6.03 Å². The highest BCUT2D eigenvalue weighted by atomic mass is 16.6. The average molecular weight is 253 g/mol. The van der Waals surface area contributed by atoms with Crippen LogP contribution in [0.15, 0.2) is 18.2 Å². The van der Waals surface area contributed by atoms with E-state index in [1.54, 1.807) is 0 Å². The van der Waals surface area contributed by atoms with E-state index in [0.717, 1.165) is 6.07 Å². The number of phenolic OH excluding ortho intramolecular Hbond substituents is 1. The van der Waals surface area contributed by atoms with Gasteiger partial charge in [0.2, 0.25) is 0 Å². The van der Waals surface area contributed by atoms with Gasteiger partial charge in [-0.15, -0.1) is 0 Å². The van der Waals surface area contributed by atoms with Crippen molar-refractivity contribution < 1.29 is 14.8 Å². The SMILES string of the molecule is CC(C)(C)NC(=O)Nc1ccc([N+](=O)[O-])cc1O. The quantitative estimate of drug-likeness (QED) is 0.427. The highest BCUT2D eigenvalue weighted by Gasteiger charge is 2.16. The molecule has 0 bridgehead atoms. The number of hydrogen-bond acceptors (Lipinski definition) is 4. The molecule has 18 heavy (non-hydrogen) atoms. The first-order chi connectivity index (χ1) is 8.19. The van der Waals surface area contributed by atoms with Gasteiger partial charge in [0.15, 0.2) is 0 Å². The summed E-state index contributed by atoms with van der Waals surface area (Å²) < 4.78 is 0. The normalized spacial score (nSPS) is 10.8. The van der Waals surface area contributed by atoms with Crippen molar-refractivity contribution in [2.24, 2.45) is 0 Å².